The van der Waals surface area contributed by atoms with Crippen molar-refractivity contribution in [1.29, 1.82) is 5.26 Å². The van der Waals surface area contributed by atoms with Crippen LogP contribution in [0.15, 0.2) is 42.7 Å². The number of hydrogen-bond donors (Lipinski definition) is 1. The number of rotatable bonds is 6. The minimum atomic E-state index is -0.213. The molecule has 1 aromatic carbocycles. The standard InChI is InChI=1S/C19H15Cl2N5OS/c1-26(17-5-2-12(8-22)9-23-17)11-18(27)25-19-24-10-15(28-19)7-13-6-14(20)3-4-16(13)21/h2-6,9-10H,7,11H2,1H3,(H,24,25,27). The van der Waals surface area contributed by atoms with Gasteiger partial charge in [0.25, 0.3) is 0 Å². The van der Waals surface area contributed by atoms with Crippen LogP contribution in [0.25, 0.3) is 0 Å². The van der Waals surface area contributed by atoms with E-state index < -0.39 is 0 Å². The number of anilines is 2. The number of likely N-dealkylation sites (N-methyl/N-ethyl adjacent to an activating group) is 1. The first-order valence-electron chi connectivity index (χ1n) is 8.20. The Morgan fingerprint density at radius 3 is 2.79 bits per heavy atom. The molecule has 0 saturated heterocycles. The molecule has 2 heterocycles. The molecule has 0 aliphatic rings. The second-order valence-electron chi connectivity index (χ2n) is 5.97. The quantitative estimate of drug-likeness (QED) is 0.625. The van der Waals surface area contributed by atoms with E-state index in [1.165, 1.54) is 17.5 Å². The summed E-state index contributed by atoms with van der Waals surface area (Å²) in [6.07, 6.45) is 3.77. The molecule has 3 aromatic rings. The first-order chi connectivity index (χ1) is 13.4. The van der Waals surface area contributed by atoms with Crippen molar-refractivity contribution in [3.63, 3.8) is 0 Å². The molecule has 1 amide bonds. The third kappa shape index (κ3) is 5.20. The highest BCUT2D eigenvalue weighted by atomic mass is 35.5. The summed E-state index contributed by atoms with van der Waals surface area (Å²) in [5, 5.41) is 13.4. The van der Waals surface area contributed by atoms with Crippen LogP contribution >= 0.6 is 34.5 Å². The number of carbonyl (C=O) groups is 1. The van der Waals surface area contributed by atoms with Crippen LogP contribution in [-0.2, 0) is 11.2 Å². The van der Waals surface area contributed by atoms with E-state index in [0.29, 0.717) is 33.0 Å². The summed E-state index contributed by atoms with van der Waals surface area (Å²) in [7, 11) is 1.75. The fourth-order valence-electron chi connectivity index (χ4n) is 2.45. The monoisotopic (exact) mass is 431 g/mol. The van der Waals surface area contributed by atoms with Gasteiger partial charge in [-0.3, -0.25) is 4.79 Å². The first-order valence-corrected chi connectivity index (χ1v) is 9.77. The lowest BCUT2D eigenvalue weighted by Gasteiger charge is -2.16. The predicted octanol–water partition coefficient (Wildman–Crippen LogP) is 4.38. The number of carbonyl (C=O) groups excluding carboxylic acids is 1. The van der Waals surface area contributed by atoms with Crippen LogP contribution in [0.5, 0.6) is 0 Å². The van der Waals surface area contributed by atoms with E-state index in [1.807, 2.05) is 12.1 Å². The Bertz CT molecular complexity index is 1030. The van der Waals surface area contributed by atoms with Crippen molar-refractivity contribution in [2.45, 2.75) is 6.42 Å². The minimum Gasteiger partial charge on any atom is -0.350 e. The van der Waals surface area contributed by atoms with Gasteiger partial charge >= 0.3 is 0 Å². The minimum absolute atomic E-state index is 0.105. The molecule has 0 aliphatic carbocycles. The topological polar surface area (TPSA) is 81.9 Å². The summed E-state index contributed by atoms with van der Waals surface area (Å²) in [5.41, 5.74) is 1.37. The molecule has 6 nitrogen and oxygen atoms in total. The SMILES string of the molecule is CN(CC(=O)Nc1ncc(Cc2cc(Cl)ccc2Cl)s1)c1ccc(C#N)cn1. The van der Waals surface area contributed by atoms with Gasteiger partial charge < -0.3 is 10.2 Å². The number of aromatic nitrogens is 2. The summed E-state index contributed by atoms with van der Waals surface area (Å²) >= 11 is 13.6. The van der Waals surface area contributed by atoms with E-state index >= 15 is 0 Å². The molecule has 0 atom stereocenters. The molecular weight excluding hydrogens is 417 g/mol. The molecule has 0 radical (unpaired) electrons. The lowest BCUT2D eigenvalue weighted by molar-refractivity contribution is -0.114. The third-order valence-electron chi connectivity index (χ3n) is 3.82. The highest BCUT2D eigenvalue weighted by molar-refractivity contribution is 7.15. The van der Waals surface area contributed by atoms with Gasteiger partial charge in [0.1, 0.15) is 11.9 Å². The fraction of sp³-hybridized carbons (Fsp3) is 0.158. The molecule has 0 spiro atoms. The van der Waals surface area contributed by atoms with Gasteiger partial charge in [0.05, 0.1) is 12.1 Å². The van der Waals surface area contributed by atoms with Crippen LogP contribution in [0.3, 0.4) is 0 Å². The van der Waals surface area contributed by atoms with Crippen molar-refractivity contribution in [3.8, 4) is 6.07 Å². The van der Waals surface area contributed by atoms with Crippen molar-refractivity contribution in [2.75, 3.05) is 23.8 Å². The predicted molar refractivity (Wildman–Crippen MR) is 112 cm³/mol. The molecule has 0 saturated carbocycles. The Morgan fingerprint density at radius 1 is 1.25 bits per heavy atom. The maximum absolute atomic E-state index is 12.3. The number of halogens is 2. The van der Waals surface area contributed by atoms with Crippen molar-refractivity contribution in [2.24, 2.45) is 0 Å². The van der Waals surface area contributed by atoms with E-state index in [4.69, 9.17) is 28.5 Å². The Kier molecular flexibility index (Phi) is 6.47. The molecule has 28 heavy (non-hydrogen) atoms. The van der Waals surface area contributed by atoms with Gasteiger partial charge in [-0.2, -0.15) is 5.26 Å². The average Bonchev–Trinajstić information content (AvgIpc) is 3.11. The van der Waals surface area contributed by atoms with Crippen molar-refractivity contribution in [3.05, 3.63) is 68.8 Å². The van der Waals surface area contributed by atoms with E-state index in [-0.39, 0.29) is 12.5 Å². The molecule has 142 valence electrons. The van der Waals surface area contributed by atoms with Crippen LogP contribution in [0.4, 0.5) is 10.9 Å². The lowest BCUT2D eigenvalue weighted by Crippen LogP contribution is -2.30. The van der Waals surface area contributed by atoms with E-state index in [0.717, 1.165) is 10.4 Å². The first kappa shape index (κ1) is 20.1. The Labute approximate surface area is 176 Å². The zero-order chi connectivity index (χ0) is 20.1. The number of thiazole rings is 1. The van der Waals surface area contributed by atoms with Gasteiger partial charge in [0.2, 0.25) is 5.91 Å². The molecule has 0 aliphatic heterocycles. The van der Waals surface area contributed by atoms with Gasteiger partial charge in [-0.05, 0) is 35.9 Å². The van der Waals surface area contributed by atoms with Crippen LogP contribution < -0.4 is 10.2 Å². The maximum atomic E-state index is 12.3. The second kappa shape index (κ2) is 9.02. The van der Waals surface area contributed by atoms with Gasteiger partial charge in [-0.1, -0.05) is 23.2 Å². The summed E-state index contributed by atoms with van der Waals surface area (Å²) in [6.45, 7) is 0.105. The molecular formula is C19H15Cl2N5OS. The molecule has 3 rings (SSSR count). The Balaban J connectivity index is 1.58. The zero-order valence-electron chi connectivity index (χ0n) is 14.8. The van der Waals surface area contributed by atoms with Gasteiger partial charge in [-0.25, -0.2) is 9.97 Å². The van der Waals surface area contributed by atoms with Crippen LogP contribution in [0.2, 0.25) is 10.0 Å². The maximum Gasteiger partial charge on any atom is 0.245 e. The fourth-order valence-corrected chi connectivity index (χ4v) is 3.68. The molecule has 1 N–H and O–H groups in total. The number of benzene rings is 1. The van der Waals surface area contributed by atoms with Crippen molar-refractivity contribution in [1.82, 2.24) is 9.97 Å². The molecule has 9 heteroatoms. The normalized spacial score (nSPS) is 10.4. The summed E-state index contributed by atoms with van der Waals surface area (Å²) in [5.74, 6) is 0.389. The van der Waals surface area contributed by atoms with Crippen molar-refractivity contribution < 1.29 is 4.79 Å². The third-order valence-corrected chi connectivity index (χ3v) is 5.34. The van der Waals surface area contributed by atoms with Crippen LogP contribution in [0.1, 0.15) is 16.0 Å². The molecule has 0 unspecified atom stereocenters. The van der Waals surface area contributed by atoms with Gasteiger partial charge in [-0.15, -0.1) is 11.3 Å². The van der Waals surface area contributed by atoms with E-state index in [9.17, 15) is 4.79 Å². The van der Waals surface area contributed by atoms with Crippen molar-refractivity contribution >= 4 is 51.4 Å². The zero-order valence-corrected chi connectivity index (χ0v) is 17.1. The number of nitrogens with one attached hydrogen (secondary N) is 1. The number of nitrogens with zero attached hydrogens (tertiary/aromatic N) is 4. The summed E-state index contributed by atoms with van der Waals surface area (Å²) in [6, 6.07) is 10.7. The largest absolute Gasteiger partial charge is 0.350 e. The Morgan fingerprint density at radius 2 is 2.07 bits per heavy atom. The smallest absolute Gasteiger partial charge is 0.245 e. The van der Waals surface area contributed by atoms with Gasteiger partial charge in [0, 0.05) is 40.8 Å². The lowest BCUT2D eigenvalue weighted by atomic mass is 10.1. The van der Waals surface area contributed by atoms with E-state index in [2.05, 4.69) is 15.3 Å². The number of amides is 1. The van der Waals surface area contributed by atoms with Crippen LogP contribution in [0, 0.1) is 11.3 Å². The van der Waals surface area contributed by atoms with Crippen LogP contribution in [-0.4, -0.2) is 29.5 Å². The highest BCUT2D eigenvalue weighted by Gasteiger charge is 2.12. The number of pyridine rings is 1. The van der Waals surface area contributed by atoms with E-state index in [1.54, 1.807) is 42.4 Å². The Hall–Kier alpha value is -2.66. The summed E-state index contributed by atoms with van der Waals surface area (Å²) in [4.78, 5) is 23.3. The van der Waals surface area contributed by atoms with Gasteiger partial charge in [0.15, 0.2) is 5.13 Å². The highest BCUT2D eigenvalue weighted by Crippen LogP contribution is 2.27. The molecule has 0 fully saturated rings. The molecule has 0 bridgehead atoms. The summed E-state index contributed by atoms with van der Waals surface area (Å²) < 4.78 is 0. The second-order valence-corrected chi connectivity index (χ2v) is 7.92. The number of hydrogen-bond acceptors (Lipinski definition) is 6. The molecule has 2 aromatic heterocycles. The average molecular weight is 432 g/mol. The number of nitriles is 1.